The van der Waals surface area contributed by atoms with Gasteiger partial charge in [-0.2, -0.15) is 0 Å². The quantitative estimate of drug-likeness (QED) is 0.880. The first kappa shape index (κ1) is 15.9. The van der Waals surface area contributed by atoms with Gasteiger partial charge in [0, 0.05) is 30.4 Å². The van der Waals surface area contributed by atoms with Crippen LogP contribution < -0.4 is 5.32 Å². The summed E-state index contributed by atoms with van der Waals surface area (Å²) in [4.78, 5) is 17.7. The van der Waals surface area contributed by atoms with Crippen molar-refractivity contribution in [2.45, 2.75) is 26.9 Å². The van der Waals surface area contributed by atoms with Crippen LogP contribution >= 0.6 is 22.9 Å². The fourth-order valence-corrected chi connectivity index (χ4v) is 2.95. The molecule has 1 heterocycles. The lowest BCUT2D eigenvalue weighted by molar-refractivity contribution is -0.114. The van der Waals surface area contributed by atoms with Crippen molar-refractivity contribution in [1.29, 1.82) is 0 Å². The summed E-state index contributed by atoms with van der Waals surface area (Å²) in [5.74, 6) is -0.0952. The van der Waals surface area contributed by atoms with Crippen LogP contribution in [0.25, 0.3) is 0 Å². The summed E-state index contributed by atoms with van der Waals surface area (Å²) in [5.41, 5.74) is 2.15. The predicted molar refractivity (Wildman–Crippen MR) is 87.7 cm³/mol. The van der Waals surface area contributed by atoms with Crippen LogP contribution in [-0.4, -0.2) is 22.3 Å². The molecule has 0 fully saturated rings. The zero-order valence-corrected chi connectivity index (χ0v) is 13.7. The third kappa shape index (κ3) is 5.12. The number of carbonyl (C=O) groups excluding carboxylic acids is 1. The Morgan fingerprint density at radius 1 is 1.43 bits per heavy atom. The number of hydrogen-bond donors (Lipinski definition) is 1. The van der Waals surface area contributed by atoms with Gasteiger partial charge in [-0.3, -0.25) is 9.69 Å². The lowest BCUT2D eigenvalue weighted by Crippen LogP contribution is -2.22. The van der Waals surface area contributed by atoms with E-state index in [0.717, 1.165) is 30.4 Å². The van der Waals surface area contributed by atoms with E-state index in [1.165, 1.54) is 23.8 Å². The molecule has 0 aliphatic heterocycles. The van der Waals surface area contributed by atoms with Crippen LogP contribution in [0.15, 0.2) is 29.6 Å². The number of carbonyl (C=O) groups is 1. The Balaban J connectivity index is 1.98. The van der Waals surface area contributed by atoms with Crippen molar-refractivity contribution in [3.05, 3.63) is 45.9 Å². The summed E-state index contributed by atoms with van der Waals surface area (Å²) in [5, 5.41) is 6.09. The molecule has 1 amide bonds. The van der Waals surface area contributed by atoms with Crippen LogP contribution in [-0.2, 0) is 17.9 Å². The van der Waals surface area contributed by atoms with Gasteiger partial charge in [0.1, 0.15) is 0 Å². The number of benzene rings is 1. The normalized spacial score (nSPS) is 10.9. The standard InChI is InChI=1S/C15H18ClN3OS/c1-3-19(8-12-5-4-6-13(16)7-12)9-14-10-21-15(18-14)17-11(2)20/h4-7,10H,3,8-9H2,1-2H3,(H,17,18,20). The molecule has 1 aromatic heterocycles. The molecular weight excluding hydrogens is 306 g/mol. The molecule has 0 atom stereocenters. The zero-order valence-electron chi connectivity index (χ0n) is 12.1. The van der Waals surface area contributed by atoms with Crippen molar-refractivity contribution < 1.29 is 4.79 Å². The van der Waals surface area contributed by atoms with E-state index in [9.17, 15) is 4.79 Å². The van der Waals surface area contributed by atoms with E-state index >= 15 is 0 Å². The van der Waals surface area contributed by atoms with Gasteiger partial charge in [0.05, 0.1) is 5.69 Å². The Bertz CT molecular complexity index is 614. The smallest absolute Gasteiger partial charge is 0.223 e. The molecule has 0 saturated carbocycles. The second-order valence-electron chi connectivity index (χ2n) is 4.76. The summed E-state index contributed by atoms with van der Waals surface area (Å²) in [6.45, 7) is 6.09. The third-order valence-corrected chi connectivity index (χ3v) is 4.00. The minimum Gasteiger partial charge on any atom is -0.302 e. The minimum atomic E-state index is -0.0952. The topological polar surface area (TPSA) is 45.2 Å². The molecule has 6 heteroatoms. The van der Waals surface area contributed by atoms with E-state index in [-0.39, 0.29) is 5.91 Å². The van der Waals surface area contributed by atoms with E-state index in [1.807, 2.05) is 23.6 Å². The lowest BCUT2D eigenvalue weighted by atomic mass is 10.2. The molecular formula is C15H18ClN3OS. The second-order valence-corrected chi connectivity index (χ2v) is 6.05. The summed E-state index contributed by atoms with van der Waals surface area (Å²) < 4.78 is 0. The predicted octanol–water partition coefficient (Wildman–Crippen LogP) is 3.78. The molecule has 0 aliphatic rings. The van der Waals surface area contributed by atoms with Crippen molar-refractivity contribution in [3.63, 3.8) is 0 Å². The van der Waals surface area contributed by atoms with Crippen LogP contribution in [0.5, 0.6) is 0 Å². The summed E-state index contributed by atoms with van der Waals surface area (Å²) >= 11 is 7.46. The maximum atomic E-state index is 11.0. The maximum Gasteiger partial charge on any atom is 0.223 e. The number of amides is 1. The number of aromatic nitrogens is 1. The first-order valence-electron chi connectivity index (χ1n) is 6.75. The van der Waals surface area contributed by atoms with E-state index in [1.54, 1.807) is 0 Å². The van der Waals surface area contributed by atoms with Crippen molar-refractivity contribution in [2.24, 2.45) is 0 Å². The Morgan fingerprint density at radius 3 is 2.90 bits per heavy atom. The fraction of sp³-hybridized carbons (Fsp3) is 0.333. The Labute approximate surface area is 133 Å². The van der Waals surface area contributed by atoms with E-state index in [4.69, 9.17) is 11.6 Å². The molecule has 1 N–H and O–H groups in total. The first-order valence-corrected chi connectivity index (χ1v) is 8.01. The van der Waals surface area contributed by atoms with Crippen LogP contribution in [0.1, 0.15) is 25.1 Å². The number of nitrogens with one attached hydrogen (secondary N) is 1. The van der Waals surface area contributed by atoms with Gasteiger partial charge >= 0.3 is 0 Å². The monoisotopic (exact) mass is 323 g/mol. The van der Waals surface area contributed by atoms with Crippen molar-refractivity contribution in [1.82, 2.24) is 9.88 Å². The molecule has 0 unspecified atom stereocenters. The largest absolute Gasteiger partial charge is 0.302 e. The summed E-state index contributed by atoms with van der Waals surface area (Å²) in [7, 11) is 0. The van der Waals surface area contributed by atoms with Gasteiger partial charge in [-0.25, -0.2) is 4.98 Å². The molecule has 0 bridgehead atoms. The highest BCUT2D eigenvalue weighted by Gasteiger charge is 2.09. The minimum absolute atomic E-state index is 0.0952. The molecule has 0 radical (unpaired) electrons. The van der Waals surface area contributed by atoms with Gasteiger partial charge in [0.15, 0.2) is 5.13 Å². The molecule has 4 nitrogen and oxygen atoms in total. The van der Waals surface area contributed by atoms with Crippen molar-refractivity contribution in [2.75, 3.05) is 11.9 Å². The molecule has 2 rings (SSSR count). The number of nitrogens with zero attached hydrogens (tertiary/aromatic N) is 2. The Morgan fingerprint density at radius 2 is 2.24 bits per heavy atom. The molecule has 1 aromatic carbocycles. The lowest BCUT2D eigenvalue weighted by Gasteiger charge is -2.19. The highest BCUT2D eigenvalue weighted by atomic mass is 35.5. The number of hydrogen-bond acceptors (Lipinski definition) is 4. The SMILES string of the molecule is CCN(Cc1cccc(Cl)c1)Cc1csc(NC(C)=O)n1. The average Bonchev–Trinajstić information content (AvgIpc) is 2.84. The van der Waals surface area contributed by atoms with Crippen molar-refractivity contribution in [3.8, 4) is 0 Å². The summed E-state index contributed by atoms with van der Waals surface area (Å²) in [6.07, 6.45) is 0. The number of rotatable bonds is 6. The first-order chi connectivity index (χ1) is 10.1. The van der Waals surface area contributed by atoms with Crippen molar-refractivity contribution >= 4 is 34.0 Å². The molecule has 0 aliphatic carbocycles. The van der Waals surface area contributed by atoms with Crippen LogP contribution in [0.3, 0.4) is 0 Å². The molecule has 112 valence electrons. The molecule has 0 saturated heterocycles. The maximum absolute atomic E-state index is 11.0. The second kappa shape index (κ2) is 7.54. The van der Waals surface area contributed by atoms with Crippen LogP contribution in [0, 0.1) is 0 Å². The highest BCUT2D eigenvalue weighted by molar-refractivity contribution is 7.13. The van der Waals surface area contributed by atoms with Gasteiger partial charge in [0.2, 0.25) is 5.91 Å². The third-order valence-electron chi connectivity index (χ3n) is 2.96. The highest BCUT2D eigenvalue weighted by Crippen LogP contribution is 2.18. The van der Waals surface area contributed by atoms with Gasteiger partial charge in [-0.05, 0) is 24.2 Å². The fourth-order valence-electron chi connectivity index (χ4n) is 1.99. The Hall–Kier alpha value is -1.43. The van der Waals surface area contributed by atoms with Gasteiger partial charge < -0.3 is 5.32 Å². The van der Waals surface area contributed by atoms with Crippen LogP contribution in [0.4, 0.5) is 5.13 Å². The number of thiazole rings is 1. The van der Waals surface area contributed by atoms with Crippen LogP contribution in [0.2, 0.25) is 5.02 Å². The van der Waals surface area contributed by atoms with Gasteiger partial charge in [-0.1, -0.05) is 30.7 Å². The van der Waals surface area contributed by atoms with E-state index in [0.29, 0.717) is 5.13 Å². The van der Waals surface area contributed by atoms with Gasteiger partial charge in [-0.15, -0.1) is 11.3 Å². The Kier molecular flexibility index (Phi) is 5.73. The van der Waals surface area contributed by atoms with E-state index < -0.39 is 0 Å². The zero-order chi connectivity index (χ0) is 15.2. The van der Waals surface area contributed by atoms with E-state index in [2.05, 4.69) is 28.2 Å². The summed E-state index contributed by atoms with van der Waals surface area (Å²) in [6, 6.07) is 7.89. The number of anilines is 1. The number of halogens is 1. The molecule has 2 aromatic rings. The average molecular weight is 324 g/mol. The molecule has 0 spiro atoms. The van der Waals surface area contributed by atoms with Gasteiger partial charge in [0.25, 0.3) is 0 Å². The molecule has 21 heavy (non-hydrogen) atoms.